The fourth-order valence-corrected chi connectivity index (χ4v) is 2.93. The molecule has 1 saturated heterocycles. The van der Waals surface area contributed by atoms with Gasteiger partial charge in [0.25, 0.3) is 5.91 Å². The summed E-state index contributed by atoms with van der Waals surface area (Å²) in [4.78, 5) is 26.9. The number of carbonyl (C=O) groups excluding carboxylic acids is 2. The van der Waals surface area contributed by atoms with Crippen LogP contribution in [0.4, 0.5) is 11.4 Å². The van der Waals surface area contributed by atoms with Gasteiger partial charge in [-0.15, -0.1) is 0 Å². The second-order valence-corrected chi connectivity index (χ2v) is 5.52. The van der Waals surface area contributed by atoms with E-state index in [4.69, 9.17) is 23.1 Å². The van der Waals surface area contributed by atoms with E-state index in [-0.39, 0.29) is 5.91 Å². The second kappa shape index (κ2) is 6.22. The standard InChI is InChI=1S/C14H19ClN4O2/c1-9(20)18-3-2-4-19(6-5-18)13-11(14(17)21)7-10(16)8-12(13)15/h7-8H,2-6,16H2,1H3,(H2,17,21). The molecule has 1 aromatic rings. The SMILES string of the molecule is CC(=O)N1CCCN(c2c(Cl)cc(N)cc2C(N)=O)CC1. The maximum absolute atomic E-state index is 11.6. The van der Waals surface area contributed by atoms with Crippen molar-refractivity contribution in [1.82, 2.24) is 4.90 Å². The number of halogens is 1. The quantitative estimate of drug-likeness (QED) is 0.799. The van der Waals surface area contributed by atoms with E-state index in [9.17, 15) is 9.59 Å². The molecule has 1 heterocycles. The molecular formula is C14H19ClN4O2. The zero-order chi connectivity index (χ0) is 15.6. The summed E-state index contributed by atoms with van der Waals surface area (Å²) < 4.78 is 0. The highest BCUT2D eigenvalue weighted by atomic mass is 35.5. The number of primary amides is 1. The number of nitrogen functional groups attached to an aromatic ring is 1. The largest absolute Gasteiger partial charge is 0.399 e. The first kappa shape index (κ1) is 15.4. The van der Waals surface area contributed by atoms with Crippen LogP contribution >= 0.6 is 11.6 Å². The number of anilines is 2. The summed E-state index contributed by atoms with van der Waals surface area (Å²) in [6, 6.07) is 3.15. The van der Waals surface area contributed by atoms with E-state index >= 15 is 0 Å². The van der Waals surface area contributed by atoms with Crippen molar-refractivity contribution in [2.45, 2.75) is 13.3 Å². The number of benzene rings is 1. The lowest BCUT2D eigenvalue weighted by Crippen LogP contribution is -2.34. The van der Waals surface area contributed by atoms with Gasteiger partial charge in [0.15, 0.2) is 0 Å². The molecule has 1 aliphatic rings. The summed E-state index contributed by atoms with van der Waals surface area (Å²) in [5, 5.41) is 0.403. The zero-order valence-corrected chi connectivity index (χ0v) is 12.7. The van der Waals surface area contributed by atoms with Crippen LogP contribution in [0.3, 0.4) is 0 Å². The molecule has 0 aromatic heterocycles. The molecule has 2 amide bonds. The van der Waals surface area contributed by atoms with Crippen molar-refractivity contribution in [3.8, 4) is 0 Å². The molecule has 0 atom stereocenters. The van der Waals surface area contributed by atoms with Crippen LogP contribution in [0.2, 0.25) is 5.02 Å². The number of rotatable bonds is 2. The molecule has 1 aliphatic heterocycles. The molecule has 114 valence electrons. The van der Waals surface area contributed by atoms with Gasteiger partial charge in [-0.2, -0.15) is 0 Å². The van der Waals surface area contributed by atoms with E-state index in [1.165, 1.54) is 6.07 Å². The smallest absolute Gasteiger partial charge is 0.250 e. The van der Waals surface area contributed by atoms with Crippen molar-refractivity contribution >= 4 is 34.8 Å². The Labute approximate surface area is 128 Å². The molecule has 0 aliphatic carbocycles. The first-order valence-electron chi connectivity index (χ1n) is 6.79. The monoisotopic (exact) mass is 310 g/mol. The molecule has 0 spiro atoms. The Morgan fingerprint density at radius 3 is 2.52 bits per heavy atom. The number of nitrogens with two attached hydrogens (primary N) is 2. The summed E-state index contributed by atoms with van der Waals surface area (Å²) in [5.74, 6) is -0.512. The number of carbonyl (C=O) groups is 2. The highest BCUT2D eigenvalue weighted by Gasteiger charge is 2.22. The van der Waals surface area contributed by atoms with Gasteiger partial charge in [0.05, 0.1) is 16.3 Å². The lowest BCUT2D eigenvalue weighted by atomic mass is 10.1. The van der Waals surface area contributed by atoms with Gasteiger partial charge >= 0.3 is 0 Å². The van der Waals surface area contributed by atoms with Crippen LogP contribution in [0.25, 0.3) is 0 Å². The molecule has 2 rings (SSSR count). The number of hydrogen-bond acceptors (Lipinski definition) is 4. The minimum atomic E-state index is -0.563. The van der Waals surface area contributed by atoms with Crippen molar-refractivity contribution in [2.24, 2.45) is 5.73 Å². The molecule has 21 heavy (non-hydrogen) atoms. The van der Waals surface area contributed by atoms with E-state index in [2.05, 4.69) is 0 Å². The third-order valence-electron chi connectivity index (χ3n) is 3.61. The van der Waals surface area contributed by atoms with Gasteiger partial charge in [0, 0.05) is 38.8 Å². The molecule has 6 nitrogen and oxygen atoms in total. The Balaban J connectivity index is 2.33. The average Bonchev–Trinajstić information content (AvgIpc) is 2.63. The highest BCUT2D eigenvalue weighted by molar-refractivity contribution is 6.34. The van der Waals surface area contributed by atoms with E-state index in [0.717, 1.165) is 6.42 Å². The zero-order valence-electron chi connectivity index (χ0n) is 11.9. The molecule has 0 radical (unpaired) electrons. The van der Waals surface area contributed by atoms with Crippen molar-refractivity contribution < 1.29 is 9.59 Å². The maximum Gasteiger partial charge on any atom is 0.250 e. The van der Waals surface area contributed by atoms with Crippen LogP contribution in [0, 0.1) is 0 Å². The van der Waals surface area contributed by atoms with Crippen LogP contribution in [0.5, 0.6) is 0 Å². The van der Waals surface area contributed by atoms with Gasteiger partial charge in [0.2, 0.25) is 5.91 Å². The Morgan fingerprint density at radius 1 is 1.19 bits per heavy atom. The Bertz CT molecular complexity index is 576. The summed E-state index contributed by atoms with van der Waals surface area (Å²) in [6.45, 7) is 4.15. The van der Waals surface area contributed by atoms with Crippen LogP contribution in [-0.2, 0) is 4.79 Å². The molecular weight excluding hydrogens is 292 g/mol. The van der Waals surface area contributed by atoms with Gasteiger partial charge in [0.1, 0.15) is 0 Å². The number of amides is 2. The lowest BCUT2D eigenvalue weighted by molar-refractivity contribution is -0.128. The van der Waals surface area contributed by atoms with Crippen molar-refractivity contribution in [2.75, 3.05) is 36.8 Å². The van der Waals surface area contributed by atoms with Crippen LogP contribution in [0.15, 0.2) is 12.1 Å². The van der Waals surface area contributed by atoms with Crippen LogP contribution in [-0.4, -0.2) is 42.9 Å². The summed E-state index contributed by atoms with van der Waals surface area (Å²) in [6.07, 6.45) is 0.804. The fraction of sp³-hybridized carbons (Fsp3) is 0.429. The highest BCUT2D eigenvalue weighted by Crippen LogP contribution is 2.33. The van der Waals surface area contributed by atoms with Gasteiger partial charge in [-0.3, -0.25) is 9.59 Å². The maximum atomic E-state index is 11.6. The van der Waals surface area contributed by atoms with Gasteiger partial charge in [-0.05, 0) is 18.6 Å². The molecule has 0 bridgehead atoms. The Morgan fingerprint density at radius 2 is 1.90 bits per heavy atom. The molecule has 0 saturated carbocycles. The molecule has 1 aromatic carbocycles. The minimum Gasteiger partial charge on any atom is -0.399 e. The van der Waals surface area contributed by atoms with Crippen LogP contribution in [0.1, 0.15) is 23.7 Å². The van der Waals surface area contributed by atoms with E-state index < -0.39 is 5.91 Å². The predicted octanol–water partition coefficient (Wildman–Crippen LogP) is 1.08. The first-order valence-corrected chi connectivity index (χ1v) is 7.17. The van der Waals surface area contributed by atoms with Crippen molar-refractivity contribution in [1.29, 1.82) is 0 Å². The van der Waals surface area contributed by atoms with Crippen LogP contribution < -0.4 is 16.4 Å². The Kier molecular flexibility index (Phi) is 4.57. The third-order valence-corrected chi connectivity index (χ3v) is 3.90. The fourth-order valence-electron chi connectivity index (χ4n) is 2.59. The van der Waals surface area contributed by atoms with Gasteiger partial charge < -0.3 is 21.3 Å². The van der Waals surface area contributed by atoms with Gasteiger partial charge in [-0.1, -0.05) is 11.6 Å². The van der Waals surface area contributed by atoms with E-state index in [1.54, 1.807) is 17.9 Å². The molecule has 7 heteroatoms. The van der Waals surface area contributed by atoms with Crippen molar-refractivity contribution in [3.05, 3.63) is 22.7 Å². The molecule has 1 fully saturated rings. The molecule has 0 unspecified atom stereocenters. The van der Waals surface area contributed by atoms with E-state index in [1.807, 2.05) is 4.90 Å². The summed E-state index contributed by atoms with van der Waals surface area (Å²) in [7, 11) is 0. The first-order chi connectivity index (χ1) is 9.90. The second-order valence-electron chi connectivity index (χ2n) is 5.11. The predicted molar refractivity (Wildman–Crippen MR) is 83.5 cm³/mol. The van der Waals surface area contributed by atoms with Crippen molar-refractivity contribution in [3.63, 3.8) is 0 Å². The van der Waals surface area contributed by atoms with Gasteiger partial charge in [-0.25, -0.2) is 0 Å². The normalized spacial score (nSPS) is 15.7. The average molecular weight is 311 g/mol. The number of nitrogens with zero attached hydrogens (tertiary/aromatic N) is 2. The van der Waals surface area contributed by atoms with E-state index in [0.29, 0.717) is 48.1 Å². The molecule has 4 N–H and O–H groups in total. The number of hydrogen-bond donors (Lipinski definition) is 2. The summed E-state index contributed by atoms with van der Waals surface area (Å²) in [5.41, 5.74) is 12.5. The Hall–Kier alpha value is -1.95. The summed E-state index contributed by atoms with van der Waals surface area (Å²) >= 11 is 6.25. The topological polar surface area (TPSA) is 92.7 Å². The lowest BCUT2D eigenvalue weighted by Gasteiger charge is -2.26. The minimum absolute atomic E-state index is 0.0513. The third kappa shape index (κ3) is 3.39.